The number of aryl methyl sites for hydroxylation is 1. The van der Waals surface area contributed by atoms with Crippen molar-refractivity contribution in [3.63, 3.8) is 0 Å². The van der Waals surface area contributed by atoms with Gasteiger partial charge in [-0.3, -0.25) is 0 Å². The summed E-state index contributed by atoms with van der Waals surface area (Å²) in [5, 5.41) is 10.4. The largest absolute Gasteiger partial charge is 0.456 e. The summed E-state index contributed by atoms with van der Waals surface area (Å²) in [6.07, 6.45) is 2.13. The smallest absolute Gasteiger partial charge is 0.151 e. The first-order valence-corrected chi connectivity index (χ1v) is 9.37. The van der Waals surface area contributed by atoms with E-state index in [0.717, 1.165) is 39.9 Å². The van der Waals surface area contributed by atoms with Crippen molar-refractivity contribution in [1.82, 2.24) is 10.2 Å². The van der Waals surface area contributed by atoms with Crippen LogP contribution in [0, 0.1) is 6.92 Å². The van der Waals surface area contributed by atoms with E-state index in [9.17, 15) is 0 Å². The van der Waals surface area contributed by atoms with Crippen molar-refractivity contribution in [3.05, 3.63) is 53.0 Å². The molecule has 25 heavy (non-hydrogen) atoms. The first kappa shape index (κ1) is 16.1. The normalized spacial score (nSPS) is 16.6. The number of hydrogen-bond acceptors (Lipinski definition) is 5. The van der Waals surface area contributed by atoms with E-state index in [1.807, 2.05) is 37.3 Å². The molecule has 0 amide bonds. The van der Waals surface area contributed by atoms with Gasteiger partial charge in [0.05, 0.1) is 5.56 Å². The molecule has 5 heteroatoms. The second kappa shape index (κ2) is 6.48. The third-order valence-corrected chi connectivity index (χ3v) is 5.68. The van der Waals surface area contributed by atoms with E-state index < -0.39 is 0 Å². The van der Waals surface area contributed by atoms with Crippen LogP contribution in [-0.2, 0) is 6.42 Å². The average molecular weight is 351 g/mol. The number of hydrogen-bond donors (Lipinski definition) is 0. The van der Waals surface area contributed by atoms with Gasteiger partial charge in [-0.15, -0.1) is 10.2 Å². The number of fused-ring (bicyclic) bond motifs is 1. The van der Waals surface area contributed by atoms with E-state index in [1.54, 1.807) is 11.3 Å². The molecule has 1 unspecified atom stereocenters. The lowest BCUT2D eigenvalue weighted by atomic mass is 9.94. The Morgan fingerprint density at radius 1 is 1.12 bits per heavy atom. The average Bonchev–Trinajstić information content (AvgIpc) is 3.05. The van der Waals surface area contributed by atoms with Crippen molar-refractivity contribution in [2.75, 3.05) is 11.9 Å². The van der Waals surface area contributed by atoms with Crippen LogP contribution in [0.1, 0.15) is 23.9 Å². The summed E-state index contributed by atoms with van der Waals surface area (Å²) < 4.78 is 6.37. The number of rotatable bonds is 3. The van der Waals surface area contributed by atoms with Gasteiger partial charge < -0.3 is 9.64 Å². The number of benzene rings is 2. The predicted octanol–water partition coefficient (Wildman–Crippen LogP) is 5.08. The minimum absolute atomic E-state index is 0.534. The zero-order valence-electron chi connectivity index (χ0n) is 14.7. The van der Waals surface area contributed by atoms with Gasteiger partial charge in [0.25, 0.3) is 0 Å². The molecule has 4 rings (SSSR count). The molecule has 0 spiro atoms. The Hall–Kier alpha value is -2.40. The summed E-state index contributed by atoms with van der Waals surface area (Å²) in [5.74, 6) is 1.76. The monoisotopic (exact) mass is 351 g/mol. The summed E-state index contributed by atoms with van der Waals surface area (Å²) in [7, 11) is 2.16. The molecule has 0 aliphatic carbocycles. The first-order chi connectivity index (χ1) is 12.1. The van der Waals surface area contributed by atoms with Crippen molar-refractivity contribution in [3.8, 4) is 22.1 Å². The summed E-state index contributed by atoms with van der Waals surface area (Å²) in [5.41, 5.74) is 3.53. The van der Waals surface area contributed by atoms with E-state index in [-0.39, 0.29) is 0 Å². The van der Waals surface area contributed by atoms with E-state index >= 15 is 0 Å². The number of anilines is 1. The standard InChI is InChI=1S/C20H21N3OS/c1-13-9-10-16-18(23(13)3)12-11-17(20-22-21-14(2)25-20)19(16)24-15-7-5-4-6-8-15/h4-8,11-13H,9-10H2,1-3H3. The molecule has 1 aliphatic heterocycles. The van der Waals surface area contributed by atoms with E-state index in [4.69, 9.17) is 4.74 Å². The molecule has 128 valence electrons. The fourth-order valence-electron chi connectivity index (χ4n) is 3.27. The van der Waals surface area contributed by atoms with Crippen molar-refractivity contribution >= 4 is 17.0 Å². The van der Waals surface area contributed by atoms with Crippen LogP contribution in [0.4, 0.5) is 5.69 Å². The van der Waals surface area contributed by atoms with Crippen molar-refractivity contribution in [2.24, 2.45) is 0 Å². The Kier molecular flexibility index (Phi) is 4.17. The Balaban J connectivity index is 1.87. The zero-order valence-corrected chi connectivity index (χ0v) is 15.5. The molecule has 4 nitrogen and oxygen atoms in total. The van der Waals surface area contributed by atoms with Crippen LogP contribution in [0.3, 0.4) is 0 Å². The molecule has 1 atom stereocenters. The minimum atomic E-state index is 0.534. The van der Waals surface area contributed by atoms with Crippen LogP contribution in [0.2, 0.25) is 0 Å². The van der Waals surface area contributed by atoms with Gasteiger partial charge in [-0.1, -0.05) is 29.5 Å². The van der Waals surface area contributed by atoms with Gasteiger partial charge in [-0.25, -0.2) is 0 Å². The van der Waals surface area contributed by atoms with Gasteiger partial charge in [0, 0.05) is 24.3 Å². The topological polar surface area (TPSA) is 38.3 Å². The van der Waals surface area contributed by atoms with Crippen molar-refractivity contribution < 1.29 is 4.74 Å². The number of aromatic nitrogens is 2. The number of para-hydroxylation sites is 1. The molecule has 0 bridgehead atoms. The molecule has 2 heterocycles. The second-order valence-electron chi connectivity index (χ2n) is 6.48. The maximum Gasteiger partial charge on any atom is 0.151 e. The van der Waals surface area contributed by atoms with E-state index in [0.29, 0.717) is 6.04 Å². The molecule has 1 aromatic heterocycles. The van der Waals surface area contributed by atoms with E-state index in [2.05, 4.69) is 41.2 Å². The molecule has 0 N–H and O–H groups in total. The number of nitrogens with zero attached hydrogens (tertiary/aromatic N) is 3. The van der Waals surface area contributed by atoms with Crippen LogP contribution in [0.25, 0.3) is 10.6 Å². The van der Waals surface area contributed by atoms with Gasteiger partial charge in [0.15, 0.2) is 5.01 Å². The lowest BCUT2D eigenvalue weighted by Crippen LogP contribution is -2.33. The van der Waals surface area contributed by atoms with E-state index in [1.165, 1.54) is 11.3 Å². The van der Waals surface area contributed by atoms with Crippen LogP contribution in [0.15, 0.2) is 42.5 Å². The molecular formula is C20H21N3OS. The van der Waals surface area contributed by atoms with Crippen LogP contribution in [0.5, 0.6) is 11.5 Å². The Labute approximate surface area is 152 Å². The third-order valence-electron chi connectivity index (χ3n) is 4.81. The van der Waals surface area contributed by atoms with Crippen LogP contribution < -0.4 is 9.64 Å². The first-order valence-electron chi connectivity index (χ1n) is 8.55. The maximum atomic E-state index is 6.37. The maximum absolute atomic E-state index is 6.37. The lowest BCUT2D eigenvalue weighted by molar-refractivity contribution is 0.470. The van der Waals surface area contributed by atoms with Crippen LogP contribution in [-0.4, -0.2) is 23.3 Å². The highest BCUT2D eigenvalue weighted by molar-refractivity contribution is 7.14. The van der Waals surface area contributed by atoms with Crippen molar-refractivity contribution in [1.29, 1.82) is 0 Å². The fourth-order valence-corrected chi connectivity index (χ4v) is 3.98. The van der Waals surface area contributed by atoms with Gasteiger partial charge in [-0.2, -0.15) is 0 Å². The van der Waals surface area contributed by atoms with Gasteiger partial charge in [-0.05, 0) is 51.0 Å². The summed E-state index contributed by atoms with van der Waals surface area (Å²) in [4.78, 5) is 2.34. The highest BCUT2D eigenvalue weighted by atomic mass is 32.1. The Bertz CT molecular complexity index is 891. The summed E-state index contributed by atoms with van der Waals surface area (Å²) in [6.45, 7) is 4.25. The van der Waals surface area contributed by atoms with Gasteiger partial charge in [0.1, 0.15) is 16.5 Å². The van der Waals surface area contributed by atoms with Crippen molar-refractivity contribution in [2.45, 2.75) is 32.7 Å². The number of ether oxygens (including phenoxy) is 1. The minimum Gasteiger partial charge on any atom is -0.456 e. The predicted molar refractivity (Wildman–Crippen MR) is 103 cm³/mol. The molecule has 1 aliphatic rings. The molecule has 0 radical (unpaired) electrons. The molecule has 0 saturated heterocycles. The molecular weight excluding hydrogens is 330 g/mol. The highest BCUT2D eigenvalue weighted by Crippen LogP contribution is 2.44. The van der Waals surface area contributed by atoms with Gasteiger partial charge in [0.2, 0.25) is 0 Å². The molecule has 0 fully saturated rings. The molecule has 3 aromatic rings. The summed E-state index contributed by atoms with van der Waals surface area (Å²) >= 11 is 1.60. The van der Waals surface area contributed by atoms with Gasteiger partial charge >= 0.3 is 0 Å². The SMILES string of the molecule is Cc1nnc(-c2ccc3c(c2Oc2ccccc2)CCC(C)N3C)s1. The summed E-state index contributed by atoms with van der Waals surface area (Å²) in [6, 6.07) is 14.8. The molecule has 2 aromatic carbocycles. The molecule has 0 saturated carbocycles. The fraction of sp³-hybridized carbons (Fsp3) is 0.300. The Morgan fingerprint density at radius 2 is 1.92 bits per heavy atom. The quantitative estimate of drug-likeness (QED) is 0.660. The third kappa shape index (κ3) is 3.00. The van der Waals surface area contributed by atoms with Crippen LogP contribution >= 0.6 is 11.3 Å². The second-order valence-corrected chi connectivity index (χ2v) is 7.66. The lowest BCUT2D eigenvalue weighted by Gasteiger charge is -2.35. The zero-order chi connectivity index (χ0) is 17.4. The highest BCUT2D eigenvalue weighted by Gasteiger charge is 2.26. The Morgan fingerprint density at radius 3 is 2.64 bits per heavy atom.